The smallest absolute Gasteiger partial charge is 0.337 e. The lowest BCUT2D eigenvalue weighted by Crippen LogP contribution is -2.65. The normalized spacial score (nSPS) is 36.8. The summed E-state index contributed by atoms with van der Waals surface area (Å²) in [5.41, 5.74) is -3.43. The van der Waals surface area contributed by atoms with Crippen molar-refractivity contribution >= 4 is 11.9 Å². The second-order valence-electron chi connectivity index (χ2n) is 4.53. The number of aliphatic hydroxyl groups is 2. The topological polar surface area (TPSA) is 95.9 Å². The molecule has 98 valence electrons. The molecule has 3 atom stereocenters. The van der Waals surface area contributed by atoms with Crippen LogP contribution in [0.15, 0.2) is 0 Å². The molecule has 6 nitrogen and oxygen atoms in total. The summed E-state index contributed by atoms with van der Waals surface area (Å²) in [5.74, 6) is -1.99. The van der Waals surface area contributed by atoms with E-state index in [0.717, 1.165) is 7.11 Å². The average molecular weight is 245 g/mol. The summed E-state index contributed by atoms with van der Waals surface area (Å²) in [6.07, 6.45) is 1.13. The number of esters is 1. The molecule has 1 rings (SSSR count). The van der Waals surface area contributed by atoms with Gasteiger partial charge in [-0.25, -0.2) is 4.79 Å². The van der Waals surface area contributed by atoms with Crippen LogP contribution in [-0.4, -0.2) is 46.9 Å². The fraction of sp³-hybridized carbons (Fsp3) is 0.818. The maximum Gasteiger partial charge on any atom is 0.337 e. The van der Waals surface area contributed by atoms with Crippen molar-refractivity contribution in [2.24, 2.45) is 5.92 Å². The van der Waals surface area contributed by atoms with Gasteiger partial charge in [-0.05, 0) is 13.3 Å². The largest absolute Gasteiger partial charge is 0.467 e. The summed E-state index contributed by atoms with van der Waals surface area (Å²) in [6.45, 7) is 2.55. The second-order valence-corrected chi connectivity index (χ2v) is 4.53. The molecule has 1 aliphatic heterocycles. The van der Waals surface area contributed by atoms with Crippen LogP contribution in [-0.2, 0) is 14.3 Å². The van der Waals surface area contributed by atoms with Crippen LogP contribution >= 0.6 is 0 Å². The molecule has 0 radical (unpaired) electrons. The average Bonchev–Trinajstić information content (AvgIpc) is 2.49. The highest BCUT2D eigenvalue weighted by molar-refractivity contribution is 5.96. The molecule has 1 fully saturated rings. The van der Waals surface area contributed by atoms with Gasteiger partial charge >= 0.3 is 5.97 Å². The fourth-order valence-corrected chi connectivity index (χ4v) is 2.37. The van der Waals surface area contributed by atoms with Gasteiger partial charge in [0, 0.05) is 0 Å². The van der Waals surface area contributed by atoms with Gasteiger partial charge in [0.05, 0.1) is 19.6 Å². The number of carbonyl (C=O) groups excluding carboxylic acids is 2. The predicted molar refractivity (Wildman–Crippen MR) is 59.0 cm³/mol. The van der Waals surface area contributed by atoms with Crippen LogP contribution in [0.5, 0.6) is 0 Å². The first-order valence-electron chi connectivity index (χ1n) is 5.61. The van der Waals surface area contributed by atoms with Gasteiger partial charge in [0.15, 0.2) is 5.54 Å². The maximum absolute atomic E-state index is 11.8. The van der Waals surface area contributed by atoms with E-state index in [1.165, 1.54) is 6.92 Å². The Kier molecular flexibility index (Phi) is 3.78. The van der Waals surface area contributed by atoms with Gasteiger partial charge in [0.25, 0.3) is 0 Å². The van der Waals surface area contributed by atoms with E-state index in [1.807, 2.05) is 6.92 Å². The van der Waals surface area contributed by atoms with Gasteiger partial charge in [0.1, 0.15) is 5.60 Å². The summed E-state index contributed by atoms with van der Waals surface area (Å²) in [6, 6.07) is 0. The number of hydrogen-bond donors (Lipinski definition) is 3. The van der Waals surface area contributed by atoms with E-state index >= 15 is 0 Å². The Balaban J connectivity index is 3.18. The molecule has 0 aromatic rings. The first kappa shape index (κ1) is 13.9. The van der Waals surface area contributed by atoms with Crippen LogP contribution in [0.2, 0.25) is 0 Å². The molecule has 0 spiro atoms. The predicted octanol–water partition coefficient (Wildman–Crippen LogP) is -0.812. The summed E-state index contributed by atoms with van der Waals surface area (Å²) in [4.78, 5) is 23.5. The molecule has 6 heteroatoms. The van der Waals surface area contributed by atoms with Gasteiger partial charge < -0.3 is 20.3 Å². The van der Waals surface area contributed by atoms with E-state index in [9.17, 15) is 19.8 Å². The minimum Gasteiger partial charge on any atom is -0.467 e. The molecule has 3 N–H and O–H groups in total. The summed E-state index contributed by atoms with van der Waals surface area (Å²) in [5, 5.41) is 22.2. The van der Waals surface area contributed by atoms with Gasteiger partial charge in [0.2, 0.25) is 5.91 Å². The summed E-state index contributed by atoms with van der Waals surface area (Å²) in [7, 11) is 1.15. The standard InChI is InChI=1S/C11H19NO5/c1-4-5-7-8(14)12-11(6-13,9(15)17-3)10(7,2)16/h7,13,16H,4-6H2,1-3H3,(H,12,14)/t7-,10-,11-/m0/s1. The molecule has 0 aliphatic carbocycles. The lowest BCUT2D eigenvalue weighted by Gasteiger charge is -2.36. The minimum absolute atomic E-state index is 0.434. The van der Waals surface area contributed by atoms with Crippen molar-refractivity contribution < 1.29 is 24.5 Å². The van der Waals surface area contributed by atoms with Gasteiger partial charge in [-0.1, -0.05) is 13.3 Å². The number of ether oxygens (including phenoxy) is 1. The second kappa shape index (κ2) is 4.62. The van der Waals surface area contributed by atoms with Crippen LogP contribution in [0.4, 0.5) is 0 Å². The monoisotopic (exact) mass is 245 g/mol. The maximum atomic E-state index is 11.8. The van der Waals surface area contributed by atoms with E-state index < -0.39 is 35.5 Å². The van der Waals surface area contributed by atoms with E-state index in [2.05, 4.69) is 10.1 Å². The van der Waals surface area contributed by atoms with Crippen molar-refractivity contribution in [3.05, 3.63) is 0 Å². The minimum atomic E-state index is -1.77. The van der Waals surface area contributed by atoms with Gasteiger partial charge in [-0.15, -0.1) is 0 Å². The van der Waals surface area contributed by atoms with Crippen LogP contribution in [0.3, 0.4) is 0 Å². The molecule has 17 heavy (non-hydrogen) atoms. The Bertz CT molecular complexity index is 328. The number of carbonyl (C=O) groups is 2. The Hall–Kier alpha value is -1.14. The molecule has 0 saturated carbocycles. The highest BCUT2D eigenvalue weighted by Crippen LogP contribution is 2.39. The first-order chi connectivity index (χ1) is 7.87. The van der Waals surface area contributed by atoms with Crippen LogP contribution < -0.4 is 5.32 Å². The van der Waals surface area contributed by atoms with Crippen molar-refractivity contribution in [3.8, 4) is 0 Å². The zero-order valence-corrected chi connectivity index (χ0v) is 10.3. The lowest BCUT2D eigenvalue weighted by molar-refractivity contribution is -0.163. The van der Waals surface area contributed by atoms with Crippen LogP contribution in [0.25, 0.3) is 0 Å². The molecule has 0 unspecified atom stereocenters. The van der Waals surface area contributed by atoms with Crippen molar-refractivity contribution in [2.45, 2.75) is 37.8 Å². The number of amides is 1. The fourth-order valence-electron chi connectivity index (χ4n) is 2.37. The highest BCUT2D eigenvalue weighted by Gasteiger charge is 2.65. The SMILES string of the molecule is CCC[C@H]1C(=O)N[C@@](CO)(C(=O)OC)[C@@]1(C)O. The number of rotatable bonds is 4. The molecule has 1 aliphatic rings. The third-order valence-electron chi connectivity index (χ3n) is 3.54. The van der Waals surface area contributed by atoms with E-state index in [4.69, 9.17) is 0 Å². The number of hydrogen-bond acceptors (Lipinski definition) is 5. The third kappa shape index (κ3) is 1.81. The quantitative estimate of drug-likeness (QED) is 0.563. The molecule has 0 aromatic heterocycles. The van der Waals surface area contributed by atoms with Crippen molar-refractivity contribution in [2.75, 3.05) is 13.7 Å². The number of nitrogens with one attached hydrogen (secondary N) is 1. The van der Waals surface area contributed by atoms with E-state index in [1.54, 1.807) is 0 Å². The van der Waals surface area contributed by atoms with E-state index in [-0.39, 0.29) is 0 Å². The number of aliphatic hydroxyl groups excluding tert-OH is 1. The molecular formula is C11H19NO5. The Morgan fingerprint density at radius 3 is 2.59 bits per heavy atom. The summed E-state index contributed by atoms with van der Waals surface area (Å²) < 4.78 is 4.57. The van der Waals surface area contributed by atoms with Crippen molar-refractivity contribution in [1.82, 2.24) is 5.32 Å². The molecule has 0 aromatic carbocycles. The molecular weight excluding hydrogens is 226 g/mol. The molecule has 1 amide bonds. The number of methoxy groups -OCH3 is 1. The third-order valence-corrected chi connectivity index (χ3v) is 3.54. The van der Waals surface area contributed by atoms with Gasteiger partial charge in [-0.2, -0.15) is 0 Å². The Morgan fingerprint density at radius 2 is 2.18 bits per heavy atom. The zero-order valence-electron chi connectivity index (χ0n) is 10.3. The molecule has 0 bridgehead atoms. The van der Waals surface area contributed by atoms with Crippen LogP contribution in [0, 0.1) is 5.92 Å². The molecule has 1 saturated heterocycles. The van der Waals surface area contributed by atoms with Gasteiger partial charge in [-0.3, -0.25) is 4.79 Å². The Morgan fingerprint density at radius 1 is 1.59 bits per heavy atom. The Labute approximate surface area is 100.0 Å². The van der Waals surface area contributed by atoms with Crippen LogP contribution in [0.1, 0.15) is 26.7 Å². The summed E-state index contributed by atoms with van der Waals surface area (Å²) >= 11 is 0. The lowest BCUT2D eigenvalue weighted by atomic mass is 9.75. The van der Waals surface area contributed by atoms with Crippen molar-refractivity contribution in [3.63, 3.8) is 0 Å². The van der Waals surface area contributed by atoms with E-state index in [0.29, 0.717) is 12.8 Å². The zero-order chi connectivity index (χ0) is 13.3. The van der Waals surface area contributed by atoms with Crippen molar-refractivity contribution in [1.29, 1.82) is 0 Å². The first-order valence-corrected chi connectivity index (χ1v) is 5.61. The molecule has 1 heterocycles. The highest BCUT2D eigenvalue weighted by atomic mass is 16.5.